The molecule has 0 bridgehead atoms. The Morgan fingerprint density at radius 1 is 1.09 bits per heavy atom. The van der Waals surface area contributed by atoms with Crippen molar-refractivity contribution in [2.75, 3.05) is 33.5 Å². The molecule has 2 heterocycles. The zero-order valence-electron chi connectivity index (χ0n) is 22.8. The highest BCUT2D eigenvalue weighted by Crippen LogP contribution is 2.46. The van der Waals surface area contributed by atoms with Crippen molar-refractivity contribution in [3.63, 3.8) is 0 Å². The summed E-state index contributed by atoms with van der Waals surface area (Å²) < 4.78 is 98.8. The predicted molar refractivity (Wildman–Crippen MR) is 140 cm³/mol. The van der Waals surface area contributed by atoms with Crippen LogP contribution in [-0.4, -0.2) is 60.8 Å². The van der Waals surface area contributed by atoms with Gasteiger partial charge in [0.1, 0.15) is 18.9 Å². The van der Waals surface area contributed by atoms with Crippen molar-refractivity contribution in [3.8, 4) is 28.5 Å². The lowest BCUT2D eigenvalue weighted by Crippen LogP contribution is -2.51. The molecule has 4 rings (SSSR count). The zero-order valence-corrected chi connectivity index (χ0v) is 22.8. The Bertz CT molecular complexity index is 1490. The second-order valence-electron chi connectivity index (χ2n) is 9.99. The van der Waals surface area contributed by atoms with E-state index in [0.717, 1.165) is 30.3 Å². The highest BCUT2D eigenvalue weighted by Gasteiger charge is 2.57. The number of hydrogen-bond acceptors (Lipinski definition) is 8. The molecule has 0 spiro atoms. The number of nitrogens with zero attached hydrogens (tertiary/aromatic N) is 1. The number of ether oxygens (including phenoxy) is 3. The van der Waals surface area contributed by atoms with Crippen LogP contribution in [0.5, 0.6) is 17.2 Å². The molecule has 5 N–H and O–H groups in total. The van der Waals surface area contributed by atoms with Crippen molar-refractivity contribution in [2.45, 2.75) is 30.4 Å². The molecule has 0 radical (unpaired) electrons. The number of hydrogen-bond donors (Lipinski definition) is 4. The van der Waals surface area contributed by atoms with Crippen LogP contribution in [-0.2, 0) is 17.3 Å². The van der Waals surface area contributed by atoms with Crippen LogP contribution in [0, 0.1) is 0 Å². The number of alkyl halides is 6. The average Bonchev–Trinajstić information content (AvgIpc) is 3.27. The summed E-state index contributed by atoms with van der Waals surface area (Å²) in [7, 11) is 1.27. The van der Waals surface area contributed by atoms with Crippen molar-refractivity contribution in [1.82, 2.24) is 10.3 Å². The van der Waals surface area contributed by atoms with Crippen molar-refractivity contribution in [3.05, 3.63) is 70.9 Å². The van der Waals surface area contributed by atoms with E-state index in [1.54, 1.807) is 0 Å². The summed E-state index contributed by atoms with van der Waals surface area (Å²) in [6, 6.07) is 8.16. The third-order valence-electron chi connectivity index (χ3n) is 6.76. The van der Waals surface area contributed by atoms with Crippen LogP contribution in [0.4, 0.5) is 26.3 Å². The summed E-state index contributed by atoms with van der Waals surface area (Å²) in [5.41, 5.74) is -1.20. The predicted octanol–water partition coefficient (Wildman–Crippen LogP) is 3.89. The third-order valence-corrected chi connectivity index (χ3v) is 6.76. The molecule has 0 aliphatic carbocycles. The first-order valence-electron chi connectivity index (χ1n) is 12.7. The smallest absolute Gasteiger partial charge is 0.424 e. The summed E-state index contributed by atoms with van der Waals surface area (Å²) >= 11 is 0. The maximum Gasteiger partial charge on any atom is 0.424 e. The number of aromatic nitrogens is 1. The fourth-order valence-electron chi connectivity index (χ4n) is 4.36. The van der Waals surface area contributed by atoms with Gasteiger partial charge >= 0.3 is 12.4 Å². The van der Waals surface area contributed by atoms with Crippen LogP contribution >= 0.6 is 0 Å². The number of rotatable bonds is 9. The van der Waals surface area contributed by atoms with Gasteiger partial charge in [0.25, 0.3) is 5.91 Å². The maximum absolute atomic E-state index is 14.5. The van der Waals surface area contributed by atoms with Crippen LogP contribution in [0.1, 0.15) is 34.1 Å². The molecule has 9 nitrogen and oxygen atoms in total. The van der Waals surface area contributed by atoms with Gasteiger partial charge in [-0.25, -0.2) is 4.98 Å². The topological polar surface area (TPSA) is 136 Å². The monoisotopic (exact) mass is 615 g/mol. The molecule has 232 valence electrons. The molecule has 1 aromatic heterocycles. The number of nitrogens with two attached hydrogens (primary N) is 1. The van der Waals surface area contributed by atoms with Gasteiger partial charge in [-0.05, 0) is 43.3 Å². The van der Waals surface area contributed by atoms with E-state index in [9.17, 15) is 36.2 Å². The standard InChI is InChI=1S/C28H27F6N3O6/c1-25(35)14-43-23-18(25)12-21(37-22(23)15-3-6-17(7-4-15)27(29,30)31)26(40,28(32,33)34)13-36-24(39)16-5-8-19(42-10-9-38)20(11-16)41-2/h3-8,11-12,38,40H,9-10,13-14,35H2,1-2H3,(H,36,39). The molecule has 1 aliphatic rings. The van der Waals surface area contributed by atoms with Crippen LogP contribution < -0.4 is 25.3 Å². The quantitative estimate of drug-likeness (QED) is 0.266. The number of carbonyl (C=O) groups is 1. The lowest BCUT2D eigenvalue weighted by Gasteiger charge is -2.31. The molecule has 0 fully saturated rings. The first-order chi connectivity index (χ1) is 20.0. The van der Waals surface area contributed by atoms with Gasteiger partial charge in [0.2, 0.25) is 5.60 Å². The molecular weight excluding hydrogens is 588 g/mol. The number of benzene rings is 2. The Balaban J connectivity index is 1.73. The van der Waals surface area contributed by atoms with Gasteiger partial charge in [-0.15, -0.1) is 0 Å². The van der Waals surface area contributed by atoms with Crippen LogP contribution in [0.2, 0.25) is 0 Å². The van der Waals surface area contributed by atoms with Crippen LogP contribution in [0.25, 0.3) is 11.3 Å². The Kier molecular flexibility index (Phi) is 8.55. The summed E-state index contributed by atoms with van der Waals surface area (Å²) in [6.07, 6.45) is -10.0. The fraction of sp³-hybridized carbons (Fsp3) is 0.357. The Morgan fingerprint density at radius 3 is 2.35 bits per heavy atom. The summed E-state index contributed by atoms with van der Waals surface area (Å²) in [5.74, 6) is -0.815. The maximum atomic E-state index is 14.5. The van der Waals surface area contributed by atoms with Gasteiger partial charge < -0.3 is 35.5 Å². The number of carbonyl (C=O) groups excluding carboxylic acids is 1. The first kappa shape index (κ1) is 31.8. The second-order valence-corrected chi connectivity index (χ2v) is 9.99. The number of aliphatic hydroxyl groups is 2. The normalized spacial score (nSPS) is 17.9. The number of methoxy groups -OCH3 is 1. The largest absolute Gasteiger partial charge is 0.493 e. The van der Waals surface area contributed by atoms with Gasteiger partial charge in [-0.3, -0.25) is 4.79 Å². The summed E-state index contributed by atoms with van der Waals surface area (Å²) in [5, 5.41) is 22.1. The number of amides is 1. The number of pyridine rings is 1. The fourth-order valence-corrected chi connectivity index (χ4v) is 4.36. The Labute approximate surface area is 241 Å². The molecular formula is C28H27F6N3O6. The molecule has 2 unspecified atom stereocenters. The molecule has 1 aliphatic heterocycles. The van der Waals surface area contributed by atoms with Crippen molar-refractivity contribution in [2.24, 2.45) is 5.73 Å². The highest BCUT2D eigenvalue weighted by atomic mass is 19.4. The number of halogens is 6. The van der Waals surface area contributed by atoms with Crippen LogP contribution in [0.15, 0.2) is 48.5 Å². The van der Waals surface area contributed by atoms with Crippen LogP contribution in [0.3, 0.4) is 0 Å². The van der Waals surface area contributed by atoms with E-state index in [0.29, 0.717) is 0 Å². The molecule has 0 saturated heterocycles. The first-order valence-corrected chi connectivity index (χ1v) is 12.7. The second kappa shape index (κ2) is 11.5. The Morgan fingerprint density at radius 2 is 1.77 bits per heavy atom. The zero-order chi connectivity index (χ0) is 31.8. The van der Waals surface area contributed by atoms with Gasteiger partial charge in [0, 0.05) is 16.7 Å². The van der Waals surface area contributed by atoms with Gasteiger partial charge in [0.15, 0.2) is 17.2 Å². The number of fused-ring (bicyclic) bond motifs is 1. The van der Waals surface area contributed by atoms with E-state index in [2.05, 4.69) is 10.3 Å². The minimum absolute atomic E-state index is 0.0204. The van der Waals surface area contributed by atoms with Gasteiger partial charge in [-0.2, -0.15) is 26.3 Å². The average molecular weight is 616 g/mol. The molecule has 3 aromatic rings. The third kappa shape index (κ3) is 6.33. The molecule has 0 saturated carbocycles. The highest BCUT2D eigenvalue weighted by molar-refractivity contribution is 5.95. The minimum atomic E-state index is -5.39. The summed E-state index contributed by atoms with van der Waals surface area (Å²) in [6.45, 7) is -0.471. The van der Waals surface area contributed by atoms with Gasteiger partial charge in [0.05, 0.1) is 37.1 Å². The number of nitrogens with one attached hydrogen (secondary N) is 1. The van der Waals surface area contributed by atoms with E-state index >= 15 is 0 Å². The minimum Gasteiger partial charge on any atom is -0.493 e. The lowest BCUT2D eigenvalue weighted by molar-refractivity contribution is -0.265. The number of aliphatic hydroxyl groups excluding tert-OH is 1. The van der Waals surface area contributed by atoms with Gasteiger partial charge in [-0.1, -0.05) is 12.1 Å². The van der Waals surface area contributed by atoms with E-state index < -0.39 is 47.2 Å². The van der Waals surface area contributed by atoms with Crippen molar-refractivity contribution in [1.29, 1.82) is 0 Å². The van der Waals surface area contributed by atoms with E-state index in [4.69, 9.17) is 25.1 Å². The van der Waals surface area contributed by atoms with E-state index in [-0.39, 0.29) is 59.5 Å². The molecule has 15 heteroatoms. The molecule has 2 aromatic carbocycles. The van der Waals surface area contributed by atoms with Crippen molar-refractivity contribution >= 4 is 5.91 Å². The summed E-state index contributed by atoms with van der Waals surface area (Å²) in [4.78, 5) is 16.8. The lowest BCUT2D eigenvalue weighted by atomic mass is 9.89. The van der Waals surface area contributed by atoms with E-state index in [1.165, 1.54) is 32.2 Å². The molecule has 2 atom stereocenters. The molecule has 43 heavy (non-hydrogen) atoms. The molecule has 1 amide bonds. The SMILES string of the molecule is COc1cc(C(=O)NCC(O)(c2cc3c(c(-c4ccc(C(F)(F)F)cc4)n2)OCC3(C)N)C(F)(F)F)ccc1OCCO. The van der Waals surface area contributed by atoms with Crippen molar-refractivity contribution < 1.29 is 55.6 Å². The van der Waals surface area contributed by atoms with E-state index in [1.807, 2.05) is 0 Å². The Hall–Kier alpha value is -4.08.